The van der Waals surface area contributed by atoms with Gasteiger partial charge in [0.05, 0.1) is 11.6 Å². The van der Waals surface area contributed by atoms with E-state index in [0.29, 0.717) is 13.1 Å². The number of halogens is 1. The molecule has 4 rings (SSSR count). The van der Waals surface area contributed by atoms with E-state index in [9.17, 15) is 14.0 Å². The smallest absolute Gasteiger partial charge is 0.228 e. The Kier molecular flexibility index (Phi) is 5.26. The van der Waals surface area contributed by atoms with E-state index in [1.165, 1.54) is 27.8 Å². The van der Waals surface area contributed by atoms with Crippen molar-refractivity contribution >= 4 is 23.2 Å². The Hall–Kier alpha value is -2.89. The number of piperazine rings is 1. The summed E-state index contributed by atoms with van der Waals surface area (Å²) in [6.07, 6.45) is 0.143. The highest BCUT2D eigenvalue weighted by atomic mass is 19.1. The van der Waals surface area contributed by atoms with Gasteiger partial charge in [-0.05, 0) is 43.2 Å². The molecule has 2 aromatic carbocycles. The average molecular weight is 395 g/mol. The second kappa shape index (κ2) is 7.85. The molecule has 2 heterocycles. The van der Waals surface area contributed by atoms with E-state index in [4.69, 9.17) is 0 Å². The Bertz CT molecular complexity index is 937. The fraction of sp³-hybridized carbons (Fsp3) is 0.391. The minimum Gasteiger partial charge on any atom is -0.368 e. The summed E-state index contributed by atoms with van der Waals surface area (Å²) in [4.78, 5) is 31.0. The van der Waals surface area contributed by atoms with Crippen molar-refractivity contribution in [2.75, 3.05) is 42.5 Å². The molecule has 1 atom stereocenters. The van der Waals surface area contributed by atoms with Crippen molar-refractivity contribution in [1.29, 1.82) is 0 Å². The normalized spacial score (nSPS) is 19.8. The van der Waals surface area contributed by atoms with Crippen LogP contribution in [0.15, 0.2) is 42.5 Å². The Morgan fingerprint density at radius 1 is 0.966 bits per heavy atom. The van der Waals surface area contributed by atoms with Gasteiger partial charge in [0.1, 0.15) is 5.82 Å². The van der Waals surface area contributed by atoms with Gasteiger partial charge in [-0.3, -0.25) is 9.59 Å². The van der Waals surface area contributed by atoms with Gasteiger partial charge in [0.25, 0.3) is 0 Å². The number of para-hydroxylation sites is 1. The minimum atomic E-state index is -0.434. The Morgan fingerprint density at radius 2 is 1.66 bits per heavy atom. The molecule has 0 bridgehead atoms. The maximum Gasteiger partial charge on any atom is 0.228 e. The molecule has 2 aromatic rings. The summed E-state index contributed by atoms with van der Waals surface area (Å²) in [5, 5.41) is 0. The molecule has 2 aliphatic heterocycles. The molecule has 2 saturated heterocycles. The van der Waals surface area contributed by atoms with Crippen molar-refractivity contribution in [3.63, 3.8) is 0 Å². The maximum absolute atomic E-state index is 14.1. The number of rotatable bonds is 3. The number of aryl methyl sites for hydroxylation is 1. The van der Waals surface area contributed by atoms with Crippen LogP contribution in [0, 0.1) is 25.6 Å². The third kappa shape index (κ3) is 3.71. The predicted octanol–water partition coefficient (Wildman–Crippen LogP) is 3.14. The number of anilines is 2. The van der Waals surface area contributed by atoms with Crippen LogP contribution in [-0.4, -0.2) is 49.4 Å². The molecule has 0 N–H and O–H groups in total. The molecule has 0 aliphatic carbocycles. The molecule has 5 nitrogen and oxygen atoms in total. The molecule has 0 aromatic heterocycles. The van der Waals surface area contributed by atoms with Gasteiger partial charge in [-0.1, -0.05) is 24.3 Å². The van der Waals surface area contributed by atoms with Crippen LogP contribution >= 0.6 is 0 Å². The fourth-order valence-electron chi connectivity index (χ4n) is 4.28. The van der Waals surface area contributed by atoms with Crippen molar-refractivity contribution in [3.05, 3.63) is 59.4 Å². The summed E-state index contributed by atoms with van der Waals surface area (Å²) >= 11 is 0. The lowest BCUT2D eigenvalue weighted by Crippen LogP contribution is -2.51. The Morgan fingerprint density at radius 3 is 2.38 bits per heavy atom. The first-order valence-electron chi connectivity index (χ1n) is 10.1. The van der Waals surface area contributed by atoms with Gasteiger partial charge >= 0.3 is 0 Å². The summed E-state index contributed by atoms with van der Waals surface area (Å²) in [7, 11) is 0. The molecule has 152 valence electrons. The SMILES string of the molecule is Cc1cccc(N2CCN(C(=O)C3CC(=O)N(c4ccccc4F)C3)CC2)c1C. The molecular formula is C23H26FN3O2. The van der Waals surface area contributed by atoms with E-state index in [-0.39, 0.29) is 30.5 Å². The minimum absolute atomic E-state index is 0.00203. The monoisotopic (exact) mass is 395 g/mol. The van der Waals surface area contributed by atoms with Crippen molar-refractivity contribution in [2.24, 2.45) is 5.92 Å². The van der Waals surface area contributed by atoms with Crippen LogP contribution in [0.4, 0.5) is 15.8 Å². The highest BCUT2D eigenvalue weighted by molar-refractivity contribution is 6.00. The van der Waals surface area contributed by atoms with Gasteiger partial charge in [-0.25, -0.2) is 4.39 Å². The van der Waals surface area contributed by atoms with Crippen LogP contribution in [0.1, 0.15) is 17.5 Å². The zero-order valence-electron chi connectivity index (χ0n) is 16.9. The van der Waals surface area contributed by atoms with Crippen LogP contribution in [-0.2, 0) is 9.59 Å². The molecule has 2 aliphatic rings. The van der Waals surface area contributed by atoms with Crippen LogP contribution in [0.2, 0.25) is 0 Å². The van der Waals surface area contributed by atoms with Gasteiger partial charge in [-0.2, -0.15) is 0 Å². The zero-order chi connectivity index (χ0) is 20.5. The second-order valence-corrected chi connectivity index (χ2v) is 7.89. The lowest BCUT2D eigenvalue weighted by Gasteiger charge is -2.38. The molecule has 0 saturated carbocycles. The number of hydrogen-bond acceptors (Lipinski definition) is 3. The van der Waals surface area contributed by atoms with Gasteiger partial charge in [0.2, 0.25) is 11.8 Å². The van der Waals surface area contributed by atoms with Crippen molar-refractivity contribution < 1.29 is 14.0 Å². The molecule has 29 heavy (non-hydrogen) atoms. The molecule has 0 radical (unpaired) electrons. The van der Waals surface area contributed by atoms with E-state index in [0.717, 1.165) is 13.1 Å². The highest BCUT2D eigenvalue weighted by Crippen LogP contribution is 2.29. The first kappa shape index (κ1) is 19.4. The number of amides is 2. The van der Waals surface area contributed by atoms with Gasteiger partial charge in [0.15, 0.2) is 0 Å². The van der Waals surface area contributed by atoms with E-state index in [1.54, 1.807) is 18.2 Å². The fourth-order valence-corrected chi connectivity index (χ4v) is 4.28. The first-order valence-corrected chi connectivity index (χ1v) is 10.1. The van der Waals surface area contributed by atoms with Crippen molar-refractivity contribution in [3.8, 4) is 0 Å². The second-order valence-electron chi connectivity index (χ2n) is 7.89. The lowest BCUT2D eigenvalue weighted by molar-refractivity contribution is -0.136. The van der Waals surface area contributed by atoms with E-state index in [2.05, 4.69) is 36.9 Å². The third-order valence-electron chi connectivity index (χ3n) is 6.13. The lowest BCUT2D eigenvalue weighted by atomic mass is 10.1. The topological polar surface area (TPSA) is 43.9 Å². The quantitative estimate of drug-likeness (QED) is 0.802. The van der Waals surface area contributed by atoms with Crippen molar-refractivity contribution in [2.45, 2.75) is 20.3 Å². The number of carbonyl (C=O) groups is 2. The Balaban J connectivity index is 1.40. The summed E-state index contributed by atoms with van der Waals surface area (Å²) in [5.41, 5.74) is 4.01. The first-order chi connectivity index (χ1) is 14.0. The van der Waals surface area contributed by atoms with Gasteiger partial charge in [-0.15, -0.1) is 0 Å². The van der Waals surface area contributed by atoms with Gasteiger partial charge < -0.3 is 14.7 Å². The largest absolute Gasteiger partial charge is 0.368 e. The van der Waals surface area contributed by atoms with Crippen molar-refractivity contribution in [1.82, 2.24) is 4.90 Å². The van der Waals surface area contributed by atoms with Crippen LogP contribution in [0.25, 0.3) is 0 Å². The summed E-state index contributed by atoms with van der Waals surface area (Å²) in [6, 6.07) is 12.5. The summed E-state index contributed by atoms with van der Waals surface area (Å²) in [5.74, 6) is -1.04. The van der Waals surface area contributed by atoms with Crippen LogP contribution in [0.3, 0.4) is 0 Å². The molecule has 0 spiro atoms. The molecule has 2 fully saturated rings. The standard InChI is InChI=1S/C23H26FN3O2/c1-16-6-5-9-20(17(16)2)25-10-12-26(13-11-25)23(29)18-14-22(28)27(15-18)21-8-4-3-7-19(21)24/h3-9,18H,10-15H2,1-2H3. The average Bonchev–Trinajstić information content (AvgIpc) is 3.11. The van der Waals surface area contributed by atoms with Crippen LogP contribution in [0.5, 0.6) is 0 Å². The predicted molar refractivity (Wildman–Crippen MR) is 112 cm³/mol. The zero-order valence-corrected chi connectivity index (χ0v) is 16.9. The van der Waals surface area contributed by atoms with E-state index < -0.39 is 11.7 Å². The van der Waals surface area contributed by atoms with E-state index >= 15 is 0 Å². The van der Waals surface area contributed by atoms with Crippen LogP contribution < -0.4 is 9.80 Å². The molecular weight excluding hydrogens is 369 g/mol. The molecule has 1 unspecified atom stereocenters. The highest BCUT2D eigenvalue weighted by Gasteiger charge is 2.38. The summed E-state index contributed by atoms with van der Waals surface area (Å²) in [6.45, 7) is 7.30. The number of nitrogens with zero attached hydrogens (tertiary/aromatic N) is 3. The molecule has 2 amide bonds. The third-order valence-corrected chi connectivity index (χ3v) is 6.13. The number of hydrogen-bond donors (Lipinski definition) is 0. The van der Waals surface area contributed by atoms with E-state index in [1.807, 2.05) is 4.90 Å². The number of benzene rings is 2. The summed E-state index contributed by atoms with van der Waals surface area (Å²) < 4.78 is 14.1. The maximum atomic E-state index is 14.1. The van der Waals surface area contributed by atoms with Gasteiger partial charge in [0, 0.05) is 44.8 Å². The number of carbonyl (C=O) groups excluding carboxylic acids is 2. The Labute approximate surface area is 170 Å². The molecule has 6 heteroatoms.